The molecule has 0 aliphatic carbocycles. The van der Waals surface area contributed by atoms with Gasteiger partial charge in [-0.2, -0.15) is 5.10 Å². The first kappa shape index (κ1) is 13.6. The largest absolute Gasteiger partial charge is 0.481 e. The Kier molecular flexibility index (Phi) is 4.19. The lowest BCUT2D eigenvalue weighted by molar-refractivity contribution is -0.138. The van der Waals surface area contributed by atoms with Gasteiger partial charge in [0.15, 0.2) is 0 Å². The van der Waals surface area contributed by atoms with Gasteiger partial charge in [-0.05, 0) is 30.7 Å². The molecule has 2 atom stereocenters. The van der Waals surface area contributed by atoms with E-state index in [-0.39, 0.29) is 24.2 Å². The Morgan fingerprint density at radius 2 is 2.42 bits per heavy atom. The van der Waals surface area contributed by atoms with Crippen LogP contribution in [-0.2, 0) is 4.79 Å². The molecule has 0 bridgehead atoms. The predicted molar refractivity (Wildman–Crippen MR) is 68.6 cm³/mol. The second-order valence-corrected chi connectivity index (χ2v) is 5.20. The van der Waals surface area contributed by atoms with E-state index in [0.29, 0.717) is 12.2 Å². The fourth-order valence-corrected chi connectivity index (χ4v) is 2.65. The smallest absolute Gasteiger partial charge is 0.303 e. The molecule has 2 unspecified atom stereocenters. The molecule has 0 saturated carbocycles. The van der Waals surface area contributed by atoms with E-state index in [1.54, 1.807) is 17.2 Å². The minimum absolute atomic E-state index is 0.0512. The van der Waals surface area contributed by atoms with Crippen molar-refractivity contribution in [2.75, 3.05) is 13.1 Å². The molecule has 1 aliphatic rings. The molecule has 6 nitrogen and oxygen atoms in total. The summed E-state index contributed by atoms with van der Waals surface area (Å²) >= 11 is 0. The second kappa shape index (κ2) is 5.86. The van der Waals surface area contributed by atoms with Gasteiger partial charge in [0.2, 0.25) is 0 Å². The van der Waals surface area contributed by atoms with Crippen molar-refractivity contribution in [2.24, 2.45) is 11.8 Å². The number of aliphatic carboxylic acids is 1. The number of amides is 1. The van der Waals surface area contributed by atoms with E-state index in [1.807, 2.05) is 6.92 Å². The summed E-state index contributed by atoms with van der Waals surface area (Å²) in [6, 6.07) is 1.66. The second-order valence-electron chi connectivity index (χ2n) is 5.20. The molecule has 1 aromatic heterocycles. The number of piperidine rings is 1. The molecule has 104 valence electrons. The van der Waals surface area contributed by atoms with Gasteiger partial charge in [0.25, 0.3) is 5.91 Å². The number of hydrogen-bond donors (Lipinski definition) is 2. The van der Waals surface area contributed by atoms with Crippen LogP contribution in [0.3, 0.4) is 0 Å². The average molecular weight is 265 g/mol. The zero-order valence-electron chi connectivity index (χ0n) is 11.0. The number of H-pyrrole nitrogens is 1. The lowest BCUT2D eigenvalue weighted by atomic mass is 9.84. The van der Waals surface area contributed by atoms with Crippen LogP contribution in [0.25, 0.3) is 0 Å². The minimum Gasteiger partial charge on any atom is -0.481 e. The lowest BCUT2D eigenvalue weighted by Crippen LogP contribution is -2.42. The topological polar surface area (TPSA) is 86.3 Å². The van der Waals surface area contributed by atoms with Crippen LogP contribution < -0.4 is 0 Å². The maximum Gasteiger partial charge on any atom is 0.303 e. The number of aromatic nitrogens is 2. The molecular weight excluding hydrogens is 246 g/mol. The van der Waals surface area contributed by atoms with Gasteiger partial charge in [0.05, 0.1) is 0 Å². The van der Waals surface area contributed by atoms with Gasteiger partial charge >= 0.3 is 5.97 Å². The van der Waals surface area contributed by atoms with E-state index >= 15 is 0 Å². The molecule has 1 amide bonds. The van der Waals surface area contributed by atoms with Crippen LogP contribution in [0, 0.1) is 11.8 Å². The zero-order valence-corrected chi connectivity index (χ0v) is 11.0. The maximum absolute atomic E-state index is 12.2. The van der Waals surface area contributed by atoms with E-state index in [9.17, 15) is 9.59 Å². The normalized spacial score (nSPS) is 21.1. The Labute approximate surface area is 111 Å². The van der Waals surface area contributed by atoms with Crippen LogP contribution in [0.4, 0.5) is 0 Å². The summed E-state index contributed by atoms with van der Waals surface area (Å²) in [6.45, 7) is 3.31. The number of carbonyl (C=O) groups is 2. The lowest BCUT2D eigenvalue weighted by Gasteiger charge is -2.35. The molecule has 2 rings (SSSR count). The third-order valence-electron chi connectivity index (χ3n) is 3.78. The molecule has 1 fully saturated rings. The SMILES string of the molecule is CC(CC(=O)O)C1CCCN(C(=O)c2ccn[nH]2)C1. The Hall–Kier alpha value is -1.85. The molecule has 1 saturated heterocycles. The number of hydrogen-bond acceptors (Lipinski definition) is 3. The molecule has 1 aliphatic heterocycles. The number of rotatable bonds is 4. The van der Waals surface area contributed by atoms with Gasteiger partial charge in [-0.15, -0.1) is 0 Å². The maximum atomic E-state index is 12.2. The molecule has 0 spiro atoms. The van der Waals surface area contributed by atoms with Crippen LogP contribution in [0.5, 0.6) is 0 Å². The minimum atomic E-state index is -0.774. The number of carboxylic acid groups (broad SMARTS) is 1. The third-order valence-corrected chi connectivity index (χ3v) is 3.78. The molecule has 0 radical (unpaired) electrons. The van der Waals surface area contributed by atoms with Gasteiger partial charge in [0, 0.05) is 25.7 Å². The number of nitrogens with zero attached hydrogens (tertiary/aromatic N) is 2. The Morgan fingerprint density at radius 3 is 3.05 bits per heavy atom. The van der Waals surface area contributed by atoms with Crippen molar-refractivity contribution >= 4 is 11.9 Å². The number of nitrogens with one attached hydrogen (secondary N) is 1. The van der Waals surface area contributed by atoms with Crippen LogP contribution in [0.15, 0.2) is 12.3 Å². The van der Waals surface area contributed by atoms with Crippen LogP contribution in [0.2, 0.25) is 0 Å². The van der Waals surface area contributed by atoms with Gasteiger partial charge < -0.3 is 10.0 Å². The summed E-state index contributed by atoms with van der Waals surface area (Å²) < 4.78 is 0. The number of likely N-dealkylation sites (tertiary alicyclic amines) is 1. The van der Waals surface area contributed by atoms with Crippen molar-refractivity contribution in [3.05, 3.63) is 18.0 Å². The monoisotopic (exact) mass is 265 g/mol. The summed E-state index contributed by atoms with van der Waals surface area (Å²) in [6.07, 6.45) is 3.63. The van der Waals surface area contributed by atoms with Crippen molar-refractivity contribution in [1.29, 1.82) is 0 Å². The van der Waals surface area contributed by atoms with Gasteiger partial charge in [-0.25, -0.2) is 0 Å². The van der Waals surface area contributed by atoms with Gasteiger partial charge in [0.1, 0.15) is 5.69 Å². The molecule has 2 heterocycles. The van der Waals surface area contributed by atoms with Gasteiger partial charge in [-0.3, -0.25) is 14.7 Å². The molecular formula is C13H19N3O3. The van der Waals surface area contributed by atoms with Gasteiger partial charge in [-0.1, -0.05) is 6.92 Å². The highest BCUT2D eigenvalue weighted by molar-refractivity contribution is 5.92. The van der Waals surface area contributed by atoms with E-state index < -0.39 is 5.97 Å². The molecule has 2 N–H and O–H groups in total. The van der Waals surface area contributed by atoms with E-state index in [2.05, 4.69) is 10.2 Å². The first-order chi connectivity index (χ1) is 9.08. The summed E-state index contributed by atoms with van der Waals surface area (Å²) in [5.74, 6) is -0.471. The van der Waals surface area contributed by atoms with Crippen LogP contribution in [-0.4, -0.2) is 45.2 Å². The van der Waals surface area contributed by atoms with E-state index in [0.717, 1.165) is 19.4 Å². The fourth-order valence-electron chi connectivity index (χ4n) is 2.65. The summed E-state index contributed by atoms with van der Waals surface area (Å²) in [5, 5.41) is 15.3. The Bertz CT molecular complexity index is 444. The fraction of sp³-hybridized carbons (Fsp3) is 0.615. The average Bonchev–Trinajstić information content (AvgIpc) is 2.91. The van der Waals surface area contributed by atoms with Crippen molar-refractivity contribution in [2.45, 2.75) is 26.2 Å². The summed E-state index contributed by atoms with van der Waals surface area (Å²) in [7, 11) is 0. The zero-order chi connectivity index (χ0) is 13.8. The Balaban J connectivity index is 1.97. The van der Waals surface area contributed by atoms with Crippen molar-refractivity contribution in [3.8, 4) is 0 Å². The highest BCUT2D eigenvalue weighted by atomic mass is 16.4. The van der Waals surface area contributed by atoms with E-state index in [4.69, 9.17) is 5.11 Å². The third kappa shape index (κ3) is 3.33. The standard InChI is InChI=1S/C13H19N3O3/c1-9(7-12(17)18)10-3-2-6-16(8-10)13(19)11-4-5-14-15-11/h4-5,9-10H,2-3,6-8H2,1H3,(H,14,15)(H,17,18). The highest BCUT2D eigenvalue weighted by Gasteiger charge is 2.29. The highest BCUT2D eigenvalue weighted by Crippen LogP contribution is 2.26. The first-order valence-corrected chi connectivity index (χ1v) is 6.58. The number of aromatic amines is 1. The number of carboxylic acids is 1. The van der Waals surface area contributed by atoms with E-state index in [1.165, 1.54) is 0 Å². The molecule has 0 aromatic carbocycles. The van der Waals surface area contributed by atoms with Crippen molar-refractivity contribution in [3.63, 3.8) is 0 Å². The quantitative estimate of drug-likeness (QED) is 0.861. The van der Waals surface area contributed by atoms with Crippen LogP contribution in [0.1, 0.15) is 36.7 Å². The molecule has 1 aromatic rings. The first-order valence-electron chi connectivity index (χ1n) is 6.58. The van der Waals surface area contributed by atoms with Crippen LogP contribution >= 0.6 is 0 Å². The predicted octanol–water partition coefficient (Wildman–Crippen LogP) is 1.37. The van der Waals surface area contributed by atoms with Crippen molar-refractivity contribution in [1.82, 2.24) is 15.1 Å². The molecule has 6 heteroatoms. The molecule has 19 heavy (non-hydrogen) atoms. The Morgan fingerprint density at radius 1 is 1.63 bits per heavy atom. The van der Waals surface area contributed by atoms with Crippen molar-refractivity contribution < 1.29 is 14.7 Å². The summed E-state index contributed by atoms with van der Waals surface area (Å²) in [5.41, 5.74) is 0.492. The summed E-state index contributed by atoms with van der Waals surface area (Å²) in [4.78, 5) is 24.7. The number of carbonyl (C=O) groups excluding carboxylic acids is 1.